The molecule has 0 amide bonds. The second-order valence-corrected chi connectivity index (χ2v) is 17.6. The third-order valence-electron chi connectivity index (χ3n) is 9.19. The van der Waals surface area contributed by atoms with Gasteiger partial charge in [0.15, 0.2) is 6.10 Å². The van der Waals surface area contributed by atoms with Gasteiger partial charge in [-0.15, -0.1) is 0 Å². The van der Waals surface area contributed by atoms with E-state index in [9.17, 15) is 24.2 Å². The molecule has 0 aromatic carbocycles. The summed E-state index contributed by atoms with van der Waals surface area (Å²) in [6, 6.07) is 0. The minimum atomic E-state index is -4.69. The van der Waals surface area contributed by atoms with Crippen LogP contribution in [0.5, 0.6) is 0 Å². The number of rotatable bonds is 40. The summed E-state index contributed by atoms with van der Waals surface area (Å²) < 4.78 is 33.7. The first-order valence-electron chi connectivity index (χ1n) is 23.1. The maximum absolute atomic E-state index is 12.7. The van der Waals surface area contributed by atoms with Crippen molar-refractivity contribution in [1.29, 1.82) is 0 Å². The van der Waals surface area contributed by atoms with E-state index in [-0.39, 0.29) is 26.1 Å². The van der Waals surface area contributed by atoms with Crippen LogP contribution in [-0.4, -0.2) is 81.2 Å². The lowest BCUT2D eigenvalue weighted by Gasteiger charge is -2.28. The van der Waals surface area contributed by atoms with Crippen LogP contribution in [0.25, 0.3) is 0 Å². The van der Waals surface area contributed by atoms with Crippen molar-refractivity contribution in [3.63, 3.8) is 0 Å². The predicted molar refractivity (Wildman–Crippen MR) is 251 cm³/mol. The van der Waals surface area contributed by atoms with E-state index in [0.717, 1.165) is 64.2 Å². The third kappa shape index (κ3) is 44.7. The van der Waals surface area contributed by atoms with Crippen LogP contribution in [0.4, 0.5) is 0 Å². The number of quaternary nitrogens is 1. The number of aliphatic hydroxyl groups excluding tert-OH is 1. The fourth-order valence-corrected chi connectivity index (χ4v) is 6.30. The molecular weight excluding hydrogens is 790 g/mol. The minimum absolute atomic E-state index is 0.0394. The molecule has 348 valence electrons. The summed E-state index contributed by atoms with van der Waals surface area (Å²) in [6.45, 7) is 3.82. The molecular formula is C50H84NO9P. The number of aliphatic hydroxyl groups is 1. The number of phosphoric ester groups is 1. The first-order valence-corrected chi connectivity index (χ1v) is 24.5. The monoisotopic (exact) mass is 874 g/mol. The topological polar surface area (TPSA) is 131 Å². The number of esters is 2. The van der Waals surface area contributed by atoms with Gasteiger partial charge in [0.25, 0.3) is 7.82 Å². The van der Waals surface area contributed by atoms with Gasteiger partial charge in [-0.1, -0.05) is 150 Å². The summed E-state index contributed by atoms with van der Waals surface area (Å²) in [7, 11) is 1.03. The molecule has 0 heterocycles. The highest BCUT2D eigenvalue weighted by Crippen LogP contribution is 2.38. The smallest absolute Gasteiger partial charge is 0.306 e. The molecule has 11 heteroatoms. The number of allylic oxidation sites excluding steroid dienone is 15. The fourth-order valence-electron chi connectivity index (χ4n) is 5.57. The molecule has 0 bridgehead atoms. The SMILES string of the molecule is CC/C=C\C/C=C\C/C=C\C/C=C\C/C=C\CCCCCC(=O)O[C@H](COC(=O)CCCC(O)/C=C/C=C/C/C=C/CCCCCCCC)COP(=O)([O-])OCC[N+](C)(C)C. The Morgan fingerprint density at radius 2 is 1.15 bits per heavy atom. The third-order valence-corrected chi connectivity index (χ3v) is 10.2. The molecule has 2 unspecified atom stereocenters. The molecule has 0 aromatic heterocycles. The van der Waals surface area contributed by atoms with E-state index in [1.165, 1.54) is 38.5 Å². The predicted octanol–water partition coefficient (Wildman–Crippen LogP) is 11.7. The van der Waals surface area contributed by atoms with Crippen LogP contribution in [0.15, 0.2) is 97.2 Å². The second-order valence-electron chi connectivity index (χ2n) is 16.2. The van der Waals surface area contributed by atoms with Crippen LogP contribution in [0.1, 0.15) is 149 Å². The van der Waals surface area contributed by atoms with Crippen molar-refractivity contribution in [2.45, 2.75) is 161 Å². The molecule has 0 aliphatic rings. The number of carbonyl (C=O) groups excluding carboxylic acids is 2. The Bertz CT molecular complexity index is 1370. The molecule has 0 fully saturated rings. The first-order chi connectivity index (χ1) is 29.4. The fraction of sp³-hybridized carbons (Fsp3) is 0.640. The average molecular weight is 874 g/mol. The van der Waals surface area contributed by atoms with Crippen molar-refractivity contribution < 1.29 is 47.2 Å². The van der Waals surface area contributed by atoms with Gasteiger partial charge in [-0.2, -0.15) is 0 Å². The van der Waals surface area contributed by atoms with Gasteiger partial charge >= 0.3 is 11.9 Å². The van der Waals surface area contributed by atoms with Gasteiger partial charge in [0.1, 0.15) is 19.8 Å². The van der Waals surface area contributed by atoms with Crippen molar-refractivity contribution in [2.24, 2.45) is 0 Å². The lowest BCUT2D eigenvalue weighted by molar-refractivity contribution is -0.870. The van der Waals surface area contributed by atoms with Crippen LogP contribution >= 0.6 is 7.82 Å². The molecule has 0 aromatic rings. The average Bonchev–Trinajstić information content (AvgIpc) is 3.21. The number of hydrogen-bond donors (Lipinski definition) is 1. The molecule has 0 aliphatic carbocycles. The van der Waals surface area contributed by atoms with E-state index in [0.29, 0.717) is 30.3 Å². The van der Waals surface area contributed by atoms with Crippen molar-refractivity contribution in [3.8, 4) is 0 Å². The molecule has 0 saturated carbocycles. The molecule has 0 rings (SSSR count). The molecule has 61 heavy (non-hydrogen) atoms. The number of unbranched alkanes of at least 4 members (excludes halogenated alkanes) is 9. The summed E-state index contributed by atoms with van der Waals surface area (Å²) in [5, 5.41) is 10.3. The van der Waals surface area contributed by atoms with Gasteiger partial charge in [-0.05, 0) is 83.5 Å². The summed E-state index contributed by atoms with van der Waals surface area (Å²) in [6.07, 6.45) is 50.4. The molecule has 3 atom stereocenters. The van der Waals surface area contributed by atoms with Crippen LogP contribution in [0.2, 0.25) is 0 Å². The molecule has 0 radical (unpaired) electrons. The number of nitrogens with zero attached hydrogens (tertiary/aromatic N) is 1. The van der Waals surface area contributed by atoms with Crippen LogP contribution in [-0.2, 0) is 32.7 Å². The Balaban J connectivity index is 4.60. The first kappa shape index (κ1) is 57.9. The van der Waals surface area contributed by atoms with Crippen LogP contribution in [0.3, 0.4) is 0 Å². The number of carbonyl (C=O) groups is 2. The van der Waals surface area contributed by atoms with Gasteiger partial charge in [0, 0.05) is 12.8 Å². The number of likely N-dealkylation sites (N-methyl/N-ethyl adjacent to an activating group) is 1. The second kappa shape index (κ2) is 40.9. The lowest BCUT2D eigenvalue weighted by Crippen LogP contribution is -2.37. The number of phosphoric acid groups is 1. The molecule has 1 N–H and O–H groups in total. The number of ether oxygens (including phenoxy) is 2. The largest absolute Gasteiger partial charge is 0.756 e. The Morgan fingerprint density at radius 3 is 1.74 bits per heavy atom. The molecule has 10 nitrogen and oxygen atoms in total. The normalized spacial score (nSPS) is 14.9. The van der Waals surface area contributed by atoms with E-state index in [4.69, 9.17) is 18.5 Å². The standard InChI is InChI=1S/C50H84NO9P/c1-6-8-10-12-14-16-18-20-21-22-23-24-25-27-29-31-33-35-37-41-50(54)60-48(46-59-61(55,56)58-44-43-51(3,4)5)45-57-49(53)42-38-40-47(52)39-36-34-32-30-28-26-19-17-15-13-11-9-7-2/h8,10,14,16,20-21,23-24,26-29,32,34,36,39,47-48,52H,6-7,9,11-13,15,17-19,22,25,30-31,33,35,37-38,40-46H2,1-5H3/b10-8-,16-14-,21-20-,24-23-,28-26+,29-27-,34-32+,39-36+/t47?,48-/m1/s1. The lowest BCUT2D eigenvalue weighted by atomic mass is 10.1. The maximum Gasteiger partial charge on any atom is 0.306 e. The summed E-state index contributed by atoms with van der Waals surface area (Å²) in [4.78, 5) is 37.6. The Hall–Kier alpha value is -3.11. The van der Waals surface area contributed by atoms with Crippen molar-refractivity contribution in [3.05, 3.63) is 97.2 Å². The maximum atomic E-state index is 12.7. The van der Waals surface area contributed by atoms with E-state index in [1.54, 1.807) is 12.2 Å². The summed E-state index contributed by atoms with van der Waals surface area (Å²) in [5.74, 6) is -1.08. The highest BCUT2D eigenvalue weighted by Gasteiger charge is 2.21. The van der Waals surface area contributed by atoms with Crippen molar-refractivity contribution in [1.82, 2.24) is 0 Å². The zero-order valence-corrected chi connectivity index (χ0v) is 39.6. The Kier molecular flexibility index (Phi) is 38.8. The van der Waals surface area contributed by atoms with Crippen LogP contribution < -0.4 is 4.89 Å². The Morgan fingerprint density at radius 1 is 0.623 bits per heavy atom. The quantitative estimate of drug-likeness (QED) is 0.0160. The summed E-state index contributed by atoms with van der Waals surface area (Å²) in [5.41, 5.74) is 0. The van der Waals surface area contributed by atoms with Gasteiger partial charge < -0.3 is 33.0 Å². The minimum Gasteiger partial charge on any atom is -0.756 e. The molecule has 0 saturated heterocycles. The van der Waals surface area contributed by atoms with Gasteiger partial charge in [-0.3, -0.25) is 14.2 Å². The van der Waals surface area contributed by atoms with Gasteiger partial charge in [0.2, 0.25) is 0 Å². The van der Waals surface area contributed by atoms with E-state index in [1.807, 2.05) is 33.3 Å². The van der Waals surface area contributed by atoms with Crippen molar-refractivity contribution >= 4 is 19.8 Å². The summed E-state index contributed by atoms with van der Waals surface area (Å²) >= 11 is 0. The van der Waals surface area contributed by atoms with E-state index in [2.05, 4.69) is 86.8 Å². The highest BCUT2D eigenvalue weighted by molar-refractivity contribution is 7.45. The van der Waals surface area contributed by atoms with E-state index < -0.39 is 38.6 Å². The Labute approximate surface area is 371 Å². The van der Waals surface area contributed by atoms with E-state index >= 15 is 0 Å². The van der Waals surface area contributed by atoms with Gasteiger partial charge in [-0.25, -0.2) is 0 Å². The highest BCUT2D eigenvalue weighted by atomic mass is 31.2. The van der Waals surface area contributed by atoms with Gasteiger partial charge in [0.05, 0.1) is 33.9 Å². The zero-order valence-electron chi connectivity index (χ0n) is 38.7. The number of hydrogen-bond acceptors (Lipinski definition) is 9. The zero-order chi connectivity index (χ0) is 45.1. The molecule has 0 aliphatic heterocycles. The van der Waals surface area contributed by atoms with Crippen molar-refractivity contribution in [2.75, 3.05) is 47.5 Å². The van der Waals surface area contributed by atoms with Crippen LogP contribution in [0, 0.1) is 0 Å². The molecule has 0 spiro atoms.